The third kappa shape index (κ3) is 5.17. The van der Waals surface area contributed by atoms with Crippen LogP contribution in [0.25, 0.3) is 0 Å². The Hall–Kier alpha value is -1.66. The number of benzene rings is 1. The van der Waals surface area contributed by atoms with Crippen LogP contribution >= 0.6 is 0 Å². The predicted octanol–water partition coefficient (Wildman–Crippen LogP) is 2.15. The highest BCUT2D eigenvalue weighted by atomic mass is 19.1. The molecule has 0 saturated carbocycles. The monoisotopic (exact) mass is 364 g/mol. The van der Waals surface area contributed by atoms with E-state index in [0.717, 1.165) is 51.9 Å². The Labute approximate surface area is 154 Å². The lowest BCUT2D eigenvalue weighted by molar-refractivity contribution is -0.139. The molecule has 1 amide bonds. The molecule has 2 fully saturated rings. The number of β-amino-alcohol motifs (C(OH)–C–C–N with tert-alkyl or cyclic N) is 1. The second kappa shape index (κ2) is 9.33. The molecular formula is C20H29FN2O3. The molecule has 2 heterocycles. The van der Waals surface area contributed by atoms with Crippen molar-refractivity contribution < 1.29 is 19.0 Å². The van der Waals surface area contributed by atoms with Crippen molar-refractivity contribution in [2.45, 2.75) is 25.7 Å². The maximum Gasteiger partial charge on any atom is 0.225 e. The number of piperidine rings is 2. The number of hydrogen-bond acceptors (Lipinski definition) is 4. The van der Waals surface area contributed by atoms with Gasteiger partial charge in [-0.1, -0.05) is 0 Å². The summed E-state index contributed by atoms with van der Waals surface area (Å²) in [5.41, 5.74) is 0. The normalized spacial score (nSPS) is 22.4. The van der Waals surface area contributed by atoms with Gasteiger partial charge in [0.15, 0.2) is 0 Å². The summed E-state index contributed by atoms with van der Waals surface area (Å²) >= 11 is 0. The number of carbonyl (C=O) groups is 1. The zero-order chi connectivity index (χ0) is 18.4. The number of rotatable bonds is 6. The molecule has 0 spiro atoms. The first kappa shape index (κ1) is 19.1. The molecule has 5 nitrogen and oxygen atoms in total. The molecule has 2 saturated heterocycles. The summed E-state index contributed by atoms with van der Waals surface area (Å²) in [6, 6.07) is 6.08. The third-order valence-corrected chi connectivity index (χ3v) is 5.48. The molecule has 0 bridgehead atoms. The van der Waals surface area contributed by atoms with Gasteiger partial charge in [0.05, 0.1) is 13.2 Å². The summed E-state index contributed by atoms with van der Waals surface area (Å²) in [6.45, 7) is 4.81. The Morgan fingerprint density at radius 2 is 1.88 bits per heavy atom. The molecule has 6 heteroatoms. The van der Waals surface area contributed by atoms with Gasteiger partial charge in [0, 0.05) is 31.5 Å². The van der Waals surface area contributed by atoms with Crippen molar-refractivity contribution in [3.05, 3.63) is 30.1 Å². The molecule has 144 valence electrons. The number of ether oxygens (including phenoxy) is 1. The Morgan fingerprint density at radius 1 is 1.15 bits per heavy atom. The minimum absolute atomic E-state index is 0.113. The van der Waals surface area contributed by atoms with Crippen molar-refractivity contribution in [3.63, 3.8) is 0 Å². The van der Waals surface area contributed by atoms with Crippen molar-refractivity contribution in [1.82, 2.24) is 9.80 Å². The van der Waals surface area contributed by atoms with Gasteiger partial charge in [-0.3, -0.25) is 4.79 Å². The Bertz CT molecular complexity index is 573. The molecule has 2 aliphatic rings. The summed E-state index contributed by atoms with van der Waals surface area (Å²) < 4.78 is 18.7. The zero-order valence-electron chi connectivity index (χ0n) is 15.3. The van der Waals surface area contributed by atoms with Gasteiger partial charge < -0.3 is 19.6 Å². The van der Waals surface area contributed by atoms with E-state index in [1.165, 1.54) is 12.1 Å². The van der Waals surface area contributed by atoms with Gasteiger partial charge in [0.2, 0.25) is 5.91 Å². The van der Waals surface area contributed by atoms with Crippen molar-refractivity contribution in [2.24, 2.45) is 11.8 Å². The lowest BCUT2D eigenvalue weighted by atomic mass is 9.92. The topological polar surface area (TPSA) is 53.0 Å². The number of carbonyl (C=O) groups excluding carboxylic acids is 1. The Balaban J connectivity index is 1.45. The van der Waals surface area contributed by atoms with Crippen molar-refractivity contribution >= 4 is 5.91 Å². The molecule has 0 aliphatic carbocycles. The number of amides is 1. The molecule has 1 aromatic carbocycles. The largest absolute Gasteiger partial charge is 0.493 e. The minimum Gasteiger partial charge on any atom is -0.493 e. The molecular weight excluding hydrogens is 335 g/mol. The van der Waals surface area contributed by atoms with Crippen LogP contribution in [-0.2, 0) is 4.79 Å². The van der Waals surface area contributed by atoms with Crippen molar-refractivity contribution in [1.29, 1.82) is 0 Å². The van der Waals surface area contributed by atoms with Gasteiger partial charge in [-0.2, -0.15) is 0 Å². The fraction of sp³-hybridized carbons (Fsp3) is 0.650. The molecule has 2 aliphatic heterocycles. The predicted molar refractivity (Wildman–Crippen MR) is 97.4 cm³/mol. The highest BCUT2D eigenvalue weighted by Crippen LogP contribution is 2.24. The van der Waals surface area contributed by atoms with Gasteiger partial charge in [-0.25, -0.2) is 4.39 Å². The van der Waals surface area contributed by atoms with E-state index in [1.807, 2.05) is 4.90 Å². The van der Waals surface area contributed by atoms with E-state index in [9.17, 15) is 9.18 Å². The number of aliphatic hydroxyl groups excluding tert-OH is 1. The van der Waals surface area contributed by atoms with E-state index in [0.29, 0.717) is 24.8 Å². The standard InChI is InChI=1S/C20H29FN2O3/c21-18-3-5-19(6-4-18)26-15-16-2-1-9-23(14-16)20(25)17-7-10-22(11-8-17)12-13-24/h3-6,16-17,24H,1-2,7-15H2/t16-/m0/s1. The average molecular weight is 364 g/mol. The van der Waals surface area contributed by atoms with Crippen LogP contribution < -0.4 is 4.74 Å². The maximum atomic E-state index is 13.0. The Kier molecular flexibility index (Phi) is 6.86. The fourth-order valence-electron chi connectivity index (χ4n) is 3.95. The van der Waals surface area contributed by atoms with E-state index >= 15 is 0 Å². The molecule has 3 rings (SSSR count). The molecule has 1 aromatic rings. The van der Waals surface area contributed by atoms with Gasteiger partial charge >= 0.3 is 0 Å². The van der Waals surface area contributed by atoms with Gasteiger partial charge in [-0.05, 0) is 63.0 Å². The minimum atomic E-state index is -0.267. The summed E-state index contributed by atoms with van der Waals surface area (Å²) in [7, 11) is 0. The zero-order valence-corrected chi connectivity index (χ0v) is 15.3. The summed E-state index contributed by atoms with van der Waals surface area (Å²) in [6.07, 6.45) is 3.82. The summed E-state index contributed by atoms with van der Waals surface area (Å²) in [4.78, 5) is 17.1. The second-order valence-electron chi connectivity index (χ2n) is 7.40. The van der Waals surface area contributed by atoms with Crippen molar-refractivity contribution in [2.75, 3.05) is 45.9 Å². The second-order valence-corrected chi connectivity index (χ2v) is 7.40. The third-order valence-electron chi connectivity index (χ3n) is 5.48. The first-order valence-corrected chi connectivity index (χ1v) is 9.66. The van der Waals surface area contributed by atoms with E-state index in [1.54, 1.807) is 12.1 Å². The Morgan fingerprint density at radius 3 is 2.58 bits per heavy atom. The quantitative estimate of drug-likeness (QED) is 0.840. The van der Waals surface area contributed by atoms with E-state index < -0.39 is 0 Å². The van der Waals surface area contributed by atoms with Crippen LogP contribution in [0.3, 0.4) is 0 Å². The average Bonchev–Trinajstić information content (AvgIpc) is 2.68. The molecule has 0 unspecified atom stereocenters. The van der Waals surface area contributed by atoms with E-state index in [2.05, 4.69) is 4.90 Å². The SMILES string of the molecule is O=C(C1CCN(CCO)CC1)N1CCC[C@H](COc2ccc(F)cc2)C1. The first-order chi connectivity index (χ1) is 12.7. The van der Waals surface area contributed by atoms with Crippen LogP contribution in [0.5, 0.6) is 5.75 Å². The molecule has 0 radical (unpaired) electrons. The first-order valence-electron chi connectivity index (χ1n) is 9.66. The number of hydrogen-bond donors (Lipinski definition) is 1. The van der Waals surface area contributed by atoms with Crippen molar-refractivity contribution in [3.8, 4) is 5.75 Å². The van der Waals surface area contributed by atoms with Crippen LogP contribution in [0.1, 0.15) is 25.7 Å². The van der Waals surface area contributed by atoms with Crippen LogP contribution in [0, 0.1) is 17.7 Å². The highest BCUT2D eigenvalue weighted by molar-refractivity contribution is 5.79. The van der Waals surface area contributed by atoms with Gasteiger partial charge in [0.1, 0.15) is 11.6 Å². The number of likely N-dealkylation sites (tertiary alicyclic amines) is 2. The summed E-state index contributed by atoms with van der Waals surface area (Å²) in [5.74, 6) is 1.12. The fourth-order valence-corrected chi connectivity index (χ4v) is 3.95. The van der Waals surface area contributed by atoms with Gasteiger partial charge in [0.25, 0.3) is 0 Å². The molecule has 1 N–H and O–H groups in total. The van der Waals surface area contributed by atoms with Gasteiger partial charge in [-0.15, -0.1) is 0 Å². The smallest absolute Gasteiger partial charge is 0.225 e. The number of halogens is 1. The number of nitrogens with zero attached hydrogens (tertiary/aromatic N) is 2. The number of aliphatic hydroxyl groups is 1. The maximum absolute atomic E-state index is 13.0. The van der Waals surface area contributed by atoms with E-state index in [4.69, 9.17) is 9.84 Å². The van der Waals surface area contributed by atoms with Crippen LogP contribution in [0.2, 0.25) is 0 Å². The lowest BCUT2D eigenvalue weighted by Crippen LogP contribution is -2.47. The van der Waals surface area contributed by atoms with Crippen LogP contribution in [0.15, 0.2) is 24.3 Å². The van der Waals surface area contributed by atoms with Crippen LogP contribution in [0.4, 0.5) is 4.39 Å². The summed E-state index contributed by atoms with van der Waals surface area (Å²) in [5, 5.41) is 9.03. The van der Waals surface area contributed by atoms with Crippen LogP contribution in [-0.4, -0.2) is 66.8 Å². The highest BCUT2D eigenvalue weighted by Gasteiger charge is 2.31. The van der Waals surface area contributed by atoms with E-state index in [-0.39, 0.29) is 24.2 Å². The lowest BCUT2D eigenvalue weighted by Gasteiger charge is -2.37. The molecule has 0 aromatic heterocycles. The molecule has 26 heavy (non-hydrogen) atoms. The molecule has 1 atom stereocenters.